The minimum atomic E-state index is -1.69. The highest BCUT2D eigenvalue weighted by atomic mass is 19.1. The van der Waals surface area contributed by atoms with Crippen LogP contribution in [0.1, 0.15) is 26.6 Å². The summed E-state index contributed by atoms with van der Waals surface area (Å²) in [7, 11) is 1.50. The van der Waals surface area contributed by atoms with Gasteiger partial charge in [-0.2, -0.15) is 0 Å². The van der Waals surface area contributed by atoms with Crippen molar-refractivity contribution < 1.29 is 13.9 Å². The largest absolute Gasteiger partial charge is 0.480 e. The van der Waals surface area contributed by atoms with Crippen LogP contribution in [0.25, 0.3) is 11.3 Å². The molecular weight excluding hydrogens is 377 g/mol. The quantitative estimate of drug-likeness (QED) is 0.651. The maximum Gasteiger partial charge on any atom is 0.233 e. The van der Waals surface area contributed by atoms with E-state index in [1.807, 2.05) is 0 Å². The Balaban J connectivity index is 2.03. The fourth-order valence-corrected chi connectivity index (χ4v) is 2.44. The zero-order valence-electron chi connectivity index (χ0n) is 16.4. The lowest BCUT2D eigenvalue weighted by molar-refractivity contribution is -0.114. The van der Waals surface area contributed by atoms with Gasteiger partial charge in [-0.3, -0.25) is 4.79 Å². The minimum Gasteiger partial charge on any atom is -0.480 e. The molecule has 1 amide bonds. The molecule has 0 aromatic carbocycles. The van der Waals surface area contributed by atoms with E-state index in [-0.39, 0.29) is 11.7 Å². The molecule has 3 aromatic rings. The Hall–Kier alpha value is -3.69. The molecule has 2 N–H and O–H groups in total. The summed E-state index contributed by atoms with van der Waals surface area (Å²) in [5, 5.41) is 13.8. The number of amides is 1. The molecule has 3 aromatic heterocycles. The molecule has 0 saturated heterocycles. The standard InChI is InChI=1S/C19H20FN7O2/c1-11(28)23-16-9-14(24-15-7-8-21-18(25-15)19(2,3)20)12(10-22-16)13-5-6-17(29-4)27-26-13/h5-10H,1-4H3,(H2,21,22,23,24,25,28). The van der Waals surface area contributed by atoms with Crippen LogP contribution in [-0.4, -0.2) is 38.2 Å². The molecule has 3 rings (SSSR count). The van der Waals surface area contributed by atoms with Gasteiger partial charge < -0.3 is 15.4 Å². The molecule has 0 aliphatic carbocycles. The number of alkyl halides is 1. The SMILES string of the molecule is COc1ccc(-c2cnc(NC(C)=O)cc2Nc2ccnc(C(C)(C)F)n2)nn1. The monoisotopic (exact) mass is 397 g/mol. The number of aromatic nitrogens is 5. The number of hydrogen-bond donors (Lipinski definition) is 2. The van der Waals surface area contributed by atoms with E-state index in [0.29, 0.717) is 34.5 Å². The highest BCUT2D eigenvalue weighted by molar-refractivity contribution is 5.89. The van der Waals surface area contributed by atoms with Crippen LogP contribution in [0.3, 0.4) is 0 Å². The van der Waals surface area contributed by atoms with Crippen LogP contribution in [0.15, 0.2) is 36.7 Å². The van der Waals surface area contributed by atoms with Gasteiger partial charge in [0, 0.05) is 37.0 Å². The molecule has 0 saturated carbocycles. The number of carbonyl (C=O) groups is 1. The van der Waals surface area contributed by atoms with Gasteiger partial charge in [0.2, 0.25) is 11.8 Å². The van der Waals surface area contributed by atoms with Crippen molar-refractivity contribution in [3.8, 4) is 17.1 Å². The number of hydrogen-bond acceptors (Lipinski definition) is 8. The molecule has 0 aliphatic rings. The van der Waals surface area contributed by atoms with Gasteiger partial charge in [-0.1, -0.05) is 0 Å². The Morgan fingerprint density at radius 3 is 2.55 bits per heavy atom. The third-order valence-corrected chi connectivity index (χ3v) is 3.78. The number of rotatable bonds is 6. The van der Waals surface area contributed by atoms with E-state index in [4.69, 9.17) is 4.74 Å². The molecule has 29 heavy (non-hydrogen) atoms. The van der Waals surface area contributed by atoms with E-state index in [1.54, 1.807) is 30.5 Å². The Morgan fingerprint density at radius 1 is 1.14 bits per heavy atom. The second-order valence-electron chi connectivity index (χ2n) is 6.62. The molecule has 0 unspecified atom stereocenters. The number of nitrogens with zero attached hydrogens (tertiary/aromatic N) is 5. The molecule has 150 valence electrons. The van der Waals surface area contributed by atoms with E-state index in [0.717, 1.165) is 0 Å². The summed E-state index contributed by atoms with van der Waals surface area (Å²) in [6, 6.07) is 6.63. The molecule has 0 spiro atoms. The summed E-state index contributed by atoms with van der Waals surface area (Å²) in [5.41, 5.74) is -0.0181. The zero-order valence-corrected chi connectivity index (χ0v) is 16.4. The highest BCUT2D eigenvalue weighted by Gasteiger charge is 2.23. The van der Waals surface area contributed by atoms with Crippen LogP contribution in [0.2, 0.25) is 0 Å². The van der Waals surface area contributed by atoms with Crippen LogP contribution in [0.5, 0.6) is 5.88 Å². The first-order chi connectivity index (χ1) is 13.8. The number of nitrogens with one attached hydrogen (secondary N) is 2. The first-order valence-electron chi connectivity index (χ1n) is 8.71. The summed E-state index contributed by atoms with van der Waals surface area (Å²) in [6.45, 7) is 4.15. The summed E-state index contributed by atoms with van der Waals surface area (Å²) >= 11 is 0. The smallest absolute Gasteiger partial charge is 0.233 e. The van der Waals surface area contributed by atoms with Gasteiger partial charge in [0.15, 0.2) is 11.5 Å². The highest BCUT2D eigenvalue weighted by Crippen LogP contribution is 2.31. The van der Waals surface area contributed by atoms with E-state index in [9.17, 15) is 9.18 Å². The van der Waals surface area contributed by atoms with Crippen molar-refractivity contribution in [1.29, 1.82) is 0 Å². The average molecular weight is 397 g/mol. The van der Waals surface area contributed by atoms with Gasteiger partial charge in [-0.15, -0.1) is 10.2 Å². The summed E-state index contributed by atoms with van der Waals surface area (Å²) < 4.78 is 19.3. The Kier molecular flexibility index (Phi) is 5.62. The predicted molar refractivity (Wildman–Crippen MR) is 106 cm³/mol. The predicted octanol–water partition coefficient (Wildman–Crippen LogP) is 3.24. The molecule has 9 nitrogen and oxygen atoms in total. The van der Waals surface area contributed by atoms with E-state index >= 15 is 0 Å². The molecule has 0 fully saturated rings. The van der Waals surface area contributed by atoms with Crippen molar-refractivity contribution in [2.24, 2.45) is 0 Å². The van der Waals surface area contributed by atoms with Crippen LogP contribution in [0.4, 0.5) is 21.7 Å². The summed E-state index contributed by atoms with van der Waals surface area (Å²) in [6.07, 6.45) is 3.01. The fraction of sp³-hybridized carbons (Fsp3) is 0.263. The van der Waals surface area contributed by atoms with Crippen molar-refractivity contribution in [3.63, 3.8) is 0 Å². The van der Waals surface area contributed by atoms with Crippen LogP contribution < -0.4 is 15.4 Å². The lowest BCUT2D eigenvalue weighted by atomic mass is 10.1. The van der Waals surface area contributed by atoms with E-state index in [1.165, 1.54) is 34.1 Å². The number of ether oxygens (including phenoxy) is 1. The van der Waals surface area contributed by atoms with Crippen molar-refractivity contribution in [2.45, 2.75) is 26.4 Å². The minimum absolute atomic E-state index is 0.0458. The topological polar surface area (TPSA) is 115 Å². The molecule has 3 heterocycles. The van der Waals surface area contributed by atoms with Crippen molar-refractivity contribution in [3.05, 3.63) is 42.5 Å². The average Bonchev–Trinajstić information content (AvgIpc) is 2.67. The molecule has 10 heteroatoms. The van der Waals surface area contributed by atoms with Gasteiger partial charge in [0.05, 0.1) is 18.5 Å². The second kappa shape index (κ2) is 8.13. The first kappa shape index (κ1) is 20.1. The Labute approximate surface area is 166 Å². The molecule has 0 aliphatic heterocycles. The number of pyridine rings is 1. The molecule has 0 bridgehead atoms. The van der Waals surface area contributed by atoms with Gasteiger partial charge in [0.25, 0.3) is 0 Å². The third-order valence-electron chi connectivity index (χ3n) is 3.78. The van der Waals surface area contributed by atoms with E-state index in [2.05, 4.69) is 35.8 Å². The maximum atomic E-state index is 14.2. The van der Waals surface area contributed by atoms with Crippen molar-refractivity contribution in [2.75, 3.05) is 17.7 Å². The Morgan fingerprint density at radius 2 is 1.93 bits per heavy atom. The van der Waals surface area contributed by atoms with Gasteiger partial charge >= 0.3 is 0 Å². The van der Waals surface area contributed by atoms with Crippen molar-refractivity contribution >= 4 is 23.2 Å². The second-order valence-corrected chi connectivity index (χ2v) is 6.62. The lowest BCUT2D eigenvalue weighted by Gasteiger charge is -2.15. The number of anilines is 3. The molecular formula is C19H20FN7O2. The van der Waals surface area contributed by atoms with Crippen LogP contribution >= 0.6 is 0 Å². The van der Waals surface area contributed by atoms with Crippen LogP contribution in [0, 0.1) is 0 Å². The van der Waals surface area contributed by atoms with E-state index < -0.39 is 5.67 Å². The number of methoxy groups -OCH3 is 1. The fourth-order valence-electron chi connectivity index (χ4n) is 2.44. The normalized spacial score (nSPS) is 11.1. The van der Waals surface area contributed by atoms with Gasteiger partial charge in [-0.25, -0.2) is 19.3 Å². The summed E-state index contributed by atoms with van der Waals surface area (Å²) in [5.74, 6) is 0.874. The zero-order chi connectivity index (χ0) is 21.0. The number of carbonyl (C=O) groups excluding carboxylic acids is 1. The summed E-state index contributed by atoms with van der Waals surface area (Å²) in [4.78, 5) is 23.8. The first-order valence-corrected chi connectivity index (χ1v) is 8.71. The molecule has 0 atom stereocenters. The number of halogens is 1. The third kappa shape index (κ3) is 4.98. The van der Waals surface area contributed by atoms with Crippen LogP contribution in [-0.2, 0) is 10.5 Å². The maximum absolute atomic E-state index is 14.2. The molecule has 0 radical (unpaired) electrons. The van der Waals surface area contributed by atoms with Crippen molar-refractivity contribution in [1.82, 2.24) is 25.1 Å². The lowest BCUT2D eigenvalue weighted by Crippen LogP contribution is -2.15. The Bertz CT molecular complexity index is 1020. The van der Waals surface area contributed by atoms with Gasteiger partial charge in [-0.05, 0) is 26.0 Å². The van der Waals surface area contributed by atoms with Gasteiger partial charge in [0.1, 0.15) is 11.6 Å².